The number of rotatable bonds is 7. The van der Waals surface area contributed by atoms with Gasteiger partial charge in [-0.2, -0.15) is 4.98 Å². The predicted octanol–water partition coefficient (Wildman–Crippen LogP) is 3.27. The summed E-state index contributed by atoms with van der Waals surface area (Å²) in [5, 5.41) is 0.386. The van der Waals surface area contributed by atoms with Crippen LogP contribution in [0, 0.1) is 0 Å². The van der Waals surface area contributed by atoms with Crippen LogP contribution in [0.3, 0.4) is 0 Å². The number of thioether (sulfide) groups is 1. The van der Waals surface area contributed by atoms with Crippen molar-refractivity contribution >= 4 is 11.8 Å². The lowest BCUT2D eigenvalue weighted by Gasteiger charge is -2.13. The molecule has 3 rings (SSSR count). The molecule has 160 valence electrons. The highest BCUT2D eigenvalue weighted by Gasteiger charge is 2.13. The second kappa shape index (κ2) is 11.3. The second-order valence-corrected chi connectivity index (χ2v) is 6.81. The van der Waals surface area contributed by atoms with Crippen LogP contribution in [0.4, 0.5) is 0 Å². The minimum atomic E-state index is -0.559. The molecule has 0 spiro atoms. The van der Waals surface area contributed by atoms with Gasteiger partial charge in [0.05, 0.1) is 27.3 Å². The van der Waals surface area contributed by atoms with Crippen LogP contribution in [0.2, 0.25) is 0 Å². The maximum atomic E-state index is 13.0. The molecule has 3 aromatic rings. The largest absolute Gasteiger partial charge is 0.497 e. The van der Waals surface area contributed by atoms with Gasteiger partial charge < -0.3 is 9.47 Å². The van der Waals surface area contributed by atoms with Gasteiger partial charge in [0.15, 0.2) is 5.16 Å². The van der Waals surface area contributed by atoms with Crippen LogP contribution in [0.15, 0.2) is 63.3 Å². The van der Waals surface area contributed by atoms with Crippen molar-refractivity contribution in [3.63, 3.8) is 0 Å². The summed E-state index contributed by atoms with van der Waals surface area (Å²) >= 11 is 1.27. The van der Waals surface area contributed by atoms with Gasteiger partial charge in [0.1, 0.15) is 11.5 Å². The van der Waals surface area contributed by atoms with Crippen LogP contribution in [0.5, 0.6) is 11.5 Å². The van der Waals surface area contributed by atoms with E-state index in [0.717, 1.165) is 21.4 Å². The molecule has 0 bridgehead atoms. The quantitative estimate of drug-likeness (QED) is 0.537. The van der Waals surface area contributed by atoms with Crippen LogP contribution >= 0.6 is 11.8 Å². The first kappa shape index (κ1) is 23.3. The molecule has 2 aromatic carbocycles. The number of nitrogens with zero attached hydrogens (tertiary/aromatic N) is 3. The molecular weight excluding hydrogens is 402 g/mol. The molecule has 0 saturated heterocycles. The number of hydrogen-bond acceptors (Lipinski definition) is 6. The Bertz CT molecular complexity index is 1060. The van der Waals surface area contributed by atoms with Gasteiger partial charge in [-0.05, 0) is 41.6 Å². The summed E-state index contributed by atoms with van der Waals surface area (Å²) in [7, 11) is 3.19. The van der Waals surface area contributed by atoms with Crippen molar-refractivity contribution < 1.29 is 9.47 Å². The highest BCUT2D eigenvalue weighted by molar-refractivity contribution is 7.98. The van der Waals surface area contributed by atoms with Crippen LogP contribution < -0.4 is 20.9 Å². The molecule has 0 saturated carbocycles. The Kier molecular flexibility index (Phi) is 8.73. The van der Waals surface area contributed by atoms with Crippen LogP contribution in [-0.4, -0.2) is 34.6 Å². The van der Waals surface area contributed by atoms with E-state index in [0.29, 0.717) is 17.5 Å². The van der Waals surface area contributed by atoms with E-state index in [9.17, 15) is 9.59 Å². The summed E-state index contributed by atoms with van der Waals surface area (Å²) in [6.07, 6.45) is 1.79. The molecule has 0 N–H and O–H groups in total. The third kappa shape index (κ3) is 5.54. The number of ether oxygens (including phenoxy) is 2. The van der Waals surface area contributed by atoms with Crippen molar-refractivity contribution in [3.05, 3.63) is 80.6 Å². The summed E-state index contributed by atoms with van der Waals surface area (Å²) in [4.78, 5) is 29.6. The molecule has 0 aliphatic carbocycles. The van der Waals surface area contributed by atoms with Crippen LogP contribution in [0.1, 0.15) is 25.0 Å². The monoisotopic (exact) mass is 429 g/mol. The average molecular weight is 430 g/mol. The highest BCUT2D eigenvalue weighted by atomic mass is 32.2. The first-order chi connectivity index (χ1) is 14.5. The van der Waals surface area contributed by atoms with Crippen molar-refractivity contribution in [2.75, 3.05) is 20.5 Å². The first-order valence-electron chi connectivity index (χ1n) is 9.57. The maximum Gasteiger partial charge on any atom is 0.354 e. The number of methoxy groups -OCH3 is 2. The zero-order valence-electron chi connectivity index (χ0n) is 17.9. The minimum absolute atomic E-state index is 0.145. The lowest BCUT2D eigenvalue weighted by molar-refractivity contribution is 0.414. The number of aromatic nitrogens is 3. The number of hydrogen-bond donors (Lipinski definition) is 0. The van der Waals surface area contributed by atoms with E-state index in [-0.39, 0.29) is 6.54 Å². The highest BCUT2D eigenvalue weighted by Crippen LogP contribution is 2.15. The molecule has 0 fully saturated rings. The Hall–Kier alpha value is -3.00. The molecule has 0 unspecified atom stereocenters. The molecule has 0 aliphatic heterocycles. The number of benzene rings is 2. The van der Waals surface area contributed by atoms with Crippen molar-refractivity contribution in [2.24, 2.45) is 0 Å². The Morgan fingerprint density at radius 3 is 1.63 bits per heavy atom. The van der Waals surface area contributed by atoms with E-state index in [4.69, 9.17) is 9.47 Å². The third-order valence-electron chi connectivity index (χ3n) is 4.30. The predicted molar refractivity (Wildman–Crippen MR) is 120 cm³/mol. The molecular formula is C22H27N3O4S. The average Bonchev–Trinajstić information content (AvgIpc) is 2.80. The smallest absolute Gasteiger partial charge is 0.354 e. The fourth-order valence-corrected chi connectivity index (χ4v) is 3.30. The lowest BCUT2D eigenvalue weighted by atomic mass is 10.2. The summed E-state index contributed by atoms with van der Waals surface area (Å²) in [5.41, 5.74) is 0.775. The van der Waals surface area contributed by atoms with Crippen molar-refractivity contribution in [1.82, 2.24) is 14.1 Å². The van der Waals surface area contributed by atoms with Gasteiger partial charge in [0.2, 0.25) is 0 Å². The van der Waals surface area contributed by atoms with Crippen molar-refractivity contribution in [2.45, 2.75) is 32.1 Å². The SMILES string of the molecule is CC.COc1ccc(Cn2c(SC)nc(=O)n(Cc3ccc(OC)cc3)c2=O)cc1. The molecule has 0 atom stereocenters. The standard InChI is InChI=1S/C20H21N3O4S.C2H6/c1-26-16-8-4-14(5-9-16)12-22-18(24)21-19(28-3)23(20(22)25)13-15-6-10-17(27-2)11-7-15;1-2/h4-11H,12-13H2,1-3H3;1-2H3. The minimum Gasteiger partial charge on any atom is -0.497 e. The van der Waals surface area contributed by atoms with Gasteiger partial charge in [0, 0.05) is 0 Å². The van der Waals surface area contributed by atoms with E-state index in [1.807, 2.05) is 50.2 Å². The fraction of sp³-hybridized carbons (Fsp3) is 0.318. The fourth-order valence-electron chi connectivity index (χ4n) is 2.77. The molecule has 1 aromatic heterocycles. The van der Waals surface area contributed by atoms with Gasteiger partial charge in [-0.3, -0.25) is 4.57 Å². The Morgan fingerprint density at radius 1 is 0.800 bits per heavy atom. The molecule has 0 radical (unpaired) electrons. The van der Waals surface area contributed by atoms with E-state index < -0.39 is 11.4 Å². The molecule has 0 amide bonds. The van der Waals surface area contributed by atoms with Gasteiger partial charge in [0.25, 0.3) is 0 Å². The van der Waals surface area contributed by atoms with Gasteiger partial charge in [-0.15, -0.1) is 0 Å². The van der Waals surface area contributed by atoms with Gasteiger partial charge in [-0.25, -0.2) is 14.2 Å². The zero-order chi connectivity index (χ0) is 22.1. The summed E-state index contributed by atoms with van der Waals surface area (Å²) < 4.78 is 13.0. The summed E-state index contributed by atoms with van der Waals surface area (Å²) in [6, 6.07) is 14.7. The van der Waals surface area contributed by atoms with Gasteiger partial charge in [-0.1, -0.05) is 49.9 Å². The summed E-state index contributed by atoms with van der Waals surface area (Å²) in [5.74, 6) is 1.45. The van der Waals surface area contributed by atoms with E-state index in [1.165, 1.54) is 16.3 Å². The Morgan fingerprint density at radius 2 is 1.23 bits per heavy atom. The second-order valence-electron chi connectivity index (χ2n) is 6.03. The lowest BCUT2D eigenvalue weighted by Crippen LogP contribution is -2.42. The van der Waals surface area contributed by atoms with Crippen LogP contribution in [-0.2, 0) is 13.1 Å². The summed E-state index contributed by atoms with van der Waals surface area (Å²) in [6.45, 7) is 4.46. The maximum absolute atomic E-state index is 13.0. The third-order valence-corrected chi connectivity index (χ3v) is 4.97. The normalized spacial score (nSPS) is 10.2. The van der Waals surface area contributed by atoms with E-state index in [1.54, 1.807) is 32.6 Å². The molecule has 7 nitrogen and oxygen atoms in total. The topological polar surface area (TPSA) is 75.3 Å². The zero-order valence-corrected chi connectivity index (χ0v) is 18.7. The Balaban J connectivity index is 0.00000155. The van der Waals surface area contributed by atoms with Crippen LogP contribution in [0.25, 0.3) is 0 Å². The molecule has 0 aliphatic rings. The molecule has 30 heavy (non-hydrogen) atoms. The van der Waals surface area contributed by atoms with Gasteiger partial charge >= 0.3 is 11.4 Å². The van der Waals surface area contributed by atoms with Crippen molar-refractivity contribution in [1.29, 1.82) is 0 Å². The van der Waals surface area contributed by atoms with E-state index >= 15 is 0 Å². The van der Waals surface area contributed by atoms with Crippen molar-refractivity contribution in [3.8, 4) is 11.5 Å². The van der Waals surface area contributed by atoms with E-state index in [2.05, 4.69) is 4.98 Å². The first-order valence-corrected chi connectivity index (χ1v) is 10.8. The molecule has 1 heterocycles. The molecule has 8 heteroatoms. The Labute approximate surface area is 180 Å².